The Morgan fingerprint density at radius 3 is 2.72 bits per heavy atom. The van der Waals surface area contributed by atoms with Crippen LogP contribution < -0.4 is 10.1 Å². The van der Waals surface area contributed by atoms with E-state index >= 15 is 0 Å². The molecule has 0 bridgehead atoms. The standard InChI is InChI=1S/C19H28N4O.ClH/c1-19(2,3)23-14-15(11-21-23)13-22-10-9-20-12-17(22)16-7-5-6-8-18(16)24-4;/h5-8,11,14,17,20H,9-10,12-13H2,1-4H3;1H. The van der Waals surface area contributed by atoms with Gasteiger partial charge in [-0.2, -0.15) is 5.10 Å². The van der Waals surface area contributed by atoms with Gasteiger partial charge in [-0.1, -0.05) is 18.2 Å². The molecule has 3 rings (SSSR count). The van der Waals surface area contributed by atoms with E-state index in [4.69, 9.17) is 4.74 Å². The number of hydrogen-bond donors (Lipinski definition) is 1. The molecule has 1 unspecified atom stereocenters. The van der Waals surface area contributed by atoms with Crippen LogP contribution in [-0.4, -0.2) is 41.4 Å². The maximum Gasteiger partial charge on any atom is 0.123 e. The topological polar surface area (TPSA) is 42.3 Å². The van der Waals surface area contributed by atoms with Crippen molar-refractivity contribution < 1.29 is 4.74 Å². The molecule has 1 atom stereocenters. The largest absolute Gasteiger partial charge is 0.496 e. The molecule has 1 aromatic carbocycles. The Labute approximate surface area is 156 Å². The number of nitrogens with one attached hydrogen (secondary N) is 1. The van der Waals surface area contributed by atoms with E-state index in [-0.39, 0.29) is 17.9 Å². The van der Waals surface area contributed by atoms with E-state index in [1.165, 1.54) is 11.1 Å². The van der Waals surface area contributed by atoms with Gasteiger partial charge in [0.2, 0.25) is 0 Å². The fraction of sp³-hybridized carbons (Fsp3) is 0.526. The fourth-order valence-electron chi connectivity index (χ4n) is 3.23. The zero-order valence-corrected chi connectivity index (χ0v) is 16.3. The van der Waals surface area contributed by atoms with Crippen LogP contribution >= 0.6 is 12.4 Å². The van der Waals surface area contributed by atoms with E-state index in [1.807, 2.05) is 23.0 Å². The minimum atomic E-state index is 0. The lowest BCUT2D eigenvalue weighted by molar-refractivity contribution is 0.151. The predicted molar refractivity (Wildman–Crippen MR) is 103 cm³/mol. The summed E-state index contributed by atoms with van der Waals surface area (Å²) in [5, 5.41) is 8.05. The summed E-state index contributed by atoms with van der Waals surface area (Å²) >= 11 is 0. The summed E-state index contributed by atoms with van der Waals surface area (Å²) in [4.78, 5) is 2.51. The van der Waals surface area contributed by atoms with Crippen LogP contribution in [0.2, 0.25) is 0 Å². The van der Waals surface area contributed by atoms with E-state index in [0.717, 1.165) is 31.9 Å². The van der Waals surface area contributed by atoms with E-state index < -0.39 is 0 Å². The molecule has 1 aliphatic heterocycles. The normalized spacial score (nSPS) is 18.6. The van der Waals surface area contributed by atoms with Gasteiger partial charge in [0.1, 0.15) is 5.75 Å². The number of aromatic nitrogens is 2. The number of rotatable bonds is 4. The highest BCUT2D eigenvalue weighted by Crippen LogP contribution is 2.31. The quantitative estimate of drug-likeness (QED) is 0.904. The van der Waals surface area contributed by atoms with E-state index in [9.17, 15) is 0 Å². The molecule has 1 aliphatic rings. The summed E-state index contributed by atoms with van der Waals surface area (Å²) in [6.07, 6.45) is 4.16. The molecule has 0 amide bonds. The summed E-state index contributed by atoms with van der Waals surface area (Å²) in [6.45, 7) is 10.4. The zero-order chi connectivity index (χ0) is 17.2. The van der Waals surface area contributed by atoms with Gasteiger partial charge in [-0.05, 0) is 26.8 Å². The molecule has 25 heavy (non-hydrogen) atoms. The lowest BCUT2D eigenvalue weighted by atomic mass is 10.0. The van der Waals surface area contributed by atoms with Gasteiger partial charge >= 0.3 is 0 Å². The van der Waals surface area contributed by atoms with Crippen molar-refractivity contribution in [2.24, 2.45) is 0 Å². The van der Waals surface area contributed by atoms with Gasteiger partial charge in [0.25, 0.3) is 0 Å². The average Bonchev–Trinajstić information content (AvgIpc) is 3.04. The zero-order valence-electron chi connectivity index (χ0n) is 15.5. The Kier molecular flexibility index (Phi) is 6.49. The van der Waals surface area contributed by atoms with Gasteiger partial charge in [-0.25, -0.2) is 0 Å². The fourth-order valence-corrected chi connectivity index (χ4v) is 3.23. The van der Waals surface area contributed by atoms with Crippen molar-refractivity contribution in [2.45, 2.75) is 38.9 Å². The molecule has 0 spiro atoms. The van der Waals surface area contributed by atoms with Gasteiger partial charge < -0.3 is 10.1 Å². The first-order valence-corrected chi connectivity index (χ1v) is 8.61. The molecule has 2 aromatic rings. The van der Waals surface area contributed by atoms with Gasteiger partial charge in [0.05, 0.1) is 24.9 Å². The third-order valence-corrected chi connectivity index (χ3v) is 4.56. The van der Waals surface area contributed by atoms with Gasteiger partial charge in [0, 0.05) is 43.5 Å². The van der Waals surface area contributed by atoms with Crippen molar-refractivity contribution in [3.63, 3.8) is 0 Å². The summed E-state index contributed by atoms with van der Waals surface area (Å²) < 4.78 is 7.62. The van der Waals surface area contributed by atoms with Crippen molar-refractivity contribution in [2.75, 3.05) is 26.7 Å². The van der Waals surface area contributed by atoms with Gasteiger partial charge in [0.15, 0.2) is 0 Å². The molecule has 1 aromatic heterocycles. The highest BCUT2D eigenvalue weighted by Gasteiger charge is 2.26. The van der Waals surface area contributed by atoms with Crippen molar-refractivity contribution in [1.82, 2.24) is 20.0 Å². The first-order chi connectivity index (χ1) is 11.5. The van der Waals surface area contributed by atoms with Gasteiger partial charge in [-0.15, -0.1) is 12.4 Å². The molecule has 1 N–H and O–H groups in total. The molecule has 1 fully saturated rings. The highest BCUT2D eigenvalue weighted by molar-refractivity contribution is 5.85. The number of nitrogens with zero attached hydrogens (tertiary/aromatic N) is 3. The number of ether oxygens (including phenoxy) is 1. The van der Waals surface area contributed by atoms with Crippen LogP contribution in [0.5, 0.6) is 5.75 Å². The number of benzene rings is 1. The van der Waals surface area contributed by atoms with E-state index in [0.29, 0.717) is 6.04 Å². The lowest BCUT2D eigenvalue weighted by Gasteiger charge is -2.36. The minimum absolute atomic E-state index is 0. The Hall–Kier alpha value is -1.56. The van der Waals surface area contributed by atoms with Crippen molar-refractivity contribution in [3.05, 3.63) is 47.8 Å². The second-order valence-corrected chi connectivity index (χ2v) is 7.40. The maximum absolute atomic E-state index is 5.57. The number of para-hydroxylation sites is 1. The molecular weight excluding hydrogens is 336 g/mol. The average molecular weight is 365 g/mol. The SMILES string of the molecule is COc1ccccc1C1CNCCN1Cc1cnn(C(C)(C)C)c1.Cl. The van der Waals surface area contributed by atoms with Crippen molar-refractivity contribution >= 4 is 12.4 Å². The molecule has 0 saturated carbocycles. The highest BCUT2D eigenvalue weighted by atomic mass is 35.5. The number of methoxy groups -OCH3 is 1. The summed E-state index contributed by atoms with van der Waals surface area (Å²) in [6, 6.07) is 8.63. The number of halogens is 1. The van der Waals surface area contributed by atoms with Crippen molar-refractivity contribution in [1.29, 1.82) is 0 Å². The molecular formula is C19H29ClN4O. The lowest BCUT2D eigenvalue weighted by Crippen LogP contribution is -2.45. The van der Waals surface area contributed by atoms with Crippen LogP contribution in [0.25, 0.3) is 0 Å². The second kappa shape index (κ2) is 8.21. The van der Waals surface area contributed by atoms with Crippen LogP contribution in [0.3, 0.4) is 0 Å². The summed E-state index contributed by atoms with van der Waals surface area (Å²) in [5.41, 5.74) is 2.52. The van der Waals surface area contributed by atoms with Crippen LogP contribution in [0.15, 0.2) is 36.7 Å². The number of hydrogen-bond acceptors (Lipinski definition) is 4. The molecule has 6 heteroatoms. The molecule has 1 saturated heterocycles. The smallest absolute Gasteiger partial charge is 0.123 e. The third kappa shape index (κ3) is 4.54. The van der Waals surface area contributed by atoms with Crippen LogP contribution in [0, 0.1) is 0 Å². The van der Waals surface area contributed by atoms with Gasteiger partial charge in [-0.3, -0.25) is 9.58 Å². The first-order valence-electron chi connectivity index (χ1n) is 8.61. The Bertz CT molecular complexity index is 680. The molecule has 0 radical (unpaired) electrons. The van der Waals surface area contributed by atoms with Crippen LogP contribution in [0.4, 0.5) is 0 Å². The third-order valence-electron chi connectivity index (χ3n) is 4.56. The first kappa shape index (κ1) is 19.8. The second-order valence-electron chi connectivity index (χ2n) is 7.40. The van der Waals surface area contributed by atoms with Crippen LogP contribution in [-0.2, 0) is 12.1 Å². The van der Waals surface area contributed by atoms with Crippen LogP contribution in [0.1, 0.15) is 37.9 Å². The van der Waals surface area contributed by atoms with E-state index in [2.05, 4.69) is 54.4 Å². The van der Waals surface area contributed by atoms with E-state index in [1.54, 1.807) is 7.11 Å². The monoisotopic (exact) mass is 364 g/mol. The summed E-state index contributed by atoms with van der Waals surface area (Å²) in [7, 11) is 1.74. The number of piperazine rings is 1. The Balaban J connectivity index is 0.00000225. The molecule has 5 nitrogen and oxygen atoms in total. The molecule has 0 aliphatic carbocycles. The molecule has 2 heterocycles. The maximum atomic E-state index is 5.57. The Morgan fingerprint density at radius 1 is 1.28 bits per heavy atom. The predicted octanol–water partition coefficient (Wildman–Crippen LogP) is 3.22. The van der Waals surface area contributed by atoms with Crippen molar-refractivity contribution in [3.8, 4) is 5.75 Å². The summed E-state index contributed by atoms with van der Waals surface area (Å²) in [5.74, 6) is 0.960. The molecule has 138 valence electrons. The minimum Gasteiger partial charge on any atom is -0.496 e. The Morgan fingerprint density at radius 2 is 2.04 bits per heavy atom.